The minimum Gasteiger partial charge on any atom is -0.394 e. The molecule has 14 heteroatoms. The zero-order valence-corrected chi connectivity index (χ0v) is 18.7. The number of aliphatic hydroxyl groups excluding tert-OH is 6. The van der Waals surface area contributed by atoms with Gasteiger partial charge in [-0.25, -0.2) is 15.0 Å². The van der Waals surface area contributed by atoms with Crippen molar-refractivity contribution in [3.05, 3.63) is 48.5 Å². The molecule has 0 radical (unpaired) electrons. The summed E-state index contributed by atoms with van der Waals surface area (Å²) >= 11 is 0. The number of carbonyl (C=O) groups is 1. The maximum atomic E-state index is 12.7. The van der Waals surface area contributed by atoms with Gasteiger partial charge in [-0.1, -0.05) is 18.2 Å². The highest BCUT2D eigenvalue weighted by atomic mass is 16.6. The van der Waals surface area contributed by atoms with Gasteiger partial charge in [0, 0.05) is 5.56 Å². The van der Waals surface area contributed by atoms with Crippen LogP contribution in [-0.2, 0) is 15.2 Å². The number of aliphatic hydroxyl groups is 6. The molecule has 2 fully saturated rings. The molecule has 192 valence electrons. The summed E-state index contributed by atoms with van der Waals surface area (Å²) in [5, 5.41) is 65.1. The molecule has 0 spiro atoms. The quantitative estimate of drug-likeness (QED) is 0.190. The standard InChI is InChI=1S/C22H25N5O9/c28-6-12-15(31)17(33)22(36-12,18-16(32)14(30)11(29)7-35-18)27-9-25-13-19(23-8-24-20(13)27)26-21(34)10-4-2-1-3-5-10/h1-5,8-9,11-12,14-18,28-33H,6-7H2,(H,23,24,26,34)/t11-,12-,14-,15-,16+,17-,18?,22+/m1/s1. The number of nitrogens with one attached hydrogen (secondary N) is 1. The first-order valence-corrected chi connectivity index (χ1v) is 11.1. The summed E-state index contributed by atoms with van der Waals surface area (Å²) < 4.78 is 12.7. The number of hydrogen-bond donors (Lipinski definition) is 7. The van der Waals surface area contributed by atoms with Crippen molar-refractivity contribution in [2.45, 2.75) is 48.5 Å². The normalized spacial score (nSPS) is 34.7. The van der Waals surface area contributed by atoms with Crippen LogP contribution >= 0.6 is 0 Å². The number of aromatic nitrogens is 4. The molecule has 0 saturated carbocycles. The molecule has 2 aliphatic heterocycles. The summed E-state index contributed by atoms with van der Waals surface area (Å²) in [7, 11) is 0. The van der Waals surface area contributed by atoms with Gasteiger partial charge in [0.25, 0.3) is 5.91 Å². The topological polar surface area (TPSA) is 213 Å². The number of carbonyl (C=O) groups excluding carboxylic acids is 1. The molecule has 1 aromatic carbocycles. The van der Waals surface area contributed by atoms with Gasteiger partial charge in [-0.05, 0) is 12.1 Å². The molecule has 2 aliphatic rings. The van der Waals surface area contributed by atoms with Crippen LogP contribution in [0.2, 0.25) is 0 Å². The molecule has 2 aromatic heterocycles. The third-order valence-electron chi connectivity index (χ3n) is 6.53. The highest BCUT2D eigenvalue weighted by Crippen LogP contribution is 2.44. The van der Waals surface area contributed by atoms with E-state index in [9.17, 15) is 35.4 Å². The lowest BCUT2D eigenvalue weighted by Crippen LogP contribution is -2.65. The van der Waals surface area contributed by atoms with Crippen LogP contribution in [0.3, 0.4) is 0 Å². The van der Waals surface area contributed by atoms with E-state index in [1.165, 1.54) is 10.9 Å². The number of hydrogen-bond acceptors (Lipinski definition) is 12. The molecular formula is C22H25N5O9. The second-order valence-corrected chi connectivity index (χ2v) is 8.66. The molecule has 0 aliphatic carbocycles. The SMILES string of the molecule is O=C(Nc1ncnc2c1ncn2[C@]1(C2OC[C@@H](O)[C@@H](O)[C@@H]2O)O[C@H](CO)[C@@H](O)[C@H]1O)c1ccccc1. The van der Waals surface area contributed by atoms with E-state index in [0.29, 0.717) is 5.56 Å². The molecule has 2 saturated heterocycles. The van der Waals surface area contributed by atoms with E-state index in [-0.39, 0.29) is 17.0 Å². The number of nitrogens with zero attached hydrogens (tertiary/aromatic N) is 4. The third-order valence-corrected chi connectivity index (χ3v) is 6.53. The molecule has 3 aromatic rings. The monoisotopic (exact) mass is 503 g/mol. The Labute approximate surface area is 203 Å². The lowest BCUT2D eigenvalue weighted by atomic mass is 9.87. The predicted molar refractivity (Wildman–Crippen MR) is 119 cm³/mol. The second kappa shape index (κ2) is 9.42. The predicted octanol–water partition coefficient (Wildman–Crippen LogP) is -2.67. The molecule has 14 nitrogen and oxygen atoms in total. The van der Waals surface area contributed by atoms with Crippen molar-refractivity contribution < 1.29 is 44.9 Å². The van der Waals surface area contributed by atoms with Crippen LogP contribution in [0.4, 0.5) is 5.82 Å². The van der Waals surface area contributed by atoms with Gasteiger partial charge in [0.1, 0.15) is 49.1 Å². The largest absolute Gasteiger partial charge is 0.394 e. The number of amides is 1. The fourth-order valence-electron chi connectivity index (χ4n) is 4.67. The maximum absolute atomic E-state index is 12.7. The van der Waals surface area contributed by atoms with Crippen molar-refractivity contribution in [2.24, 2.45) is 0 Å². The van der Waals surface area contributed by atoms with Gasteiger partial charge in [0.15, 0.2) is 17.0 Å². The molecule has 1 amide bonds. The van der Waals surface area contributed by atoms with Crippen LogP contribution in [0.5, 0.6) is 0 Å². The molecule has 4 heterocycles. The van der Waals surface area contributed by atoms with Crippen molar-refractivity contribution in [1.29, 1.82) is 0 Å². The first kappa shape index (κ1) is 24.6. The zero-order valence-electron chi connectivity index (χ0n) is 18.7. The minimum absolute atomic E-state index is 0.0228. The number of rotatable bonds is 5. The molecule has 7 N–H and O–H groups in total. The van der Waals surface area contributed by atoms with E-state index in [1.807, 2.05) is 0 Å². The molecule has 8 atom stereocenters. The summed E-state index contributed by atoms with van der Waals surface area (Å²) in [5.41, 5.74) is -1.66. The van der Waals surface area contributed by atoms with E-state index >= 15 is 0 Å². The minimum atomic E-state index is -2.14. The smallest absolute Gasteiger partial charge is 0.256 e. The van der Waals surface area contributed by atoms with Crippen LogP contribution in [0.1, 0.15) is 10.4 Å². The fourth-order valence-corrected chi connectivity index (χ4v) is 4.67. The van der Waals surface area contributed by atoms with E-state index in [1.54, 1.807) is 30.3 Å². The van der Waals surface area contributed by atoms with Gasteiger partial charge in [-0.15, -0.1) is 0 Å². The summed E-state index contributed by atoms with van der Waals surface area (Å²) in [6.45, 7) is -1.10. The second-order valence-electron chi connectivity index (χ2n) is 8.66. The highest BCUT2D eigenvalue weighted by molar-refractivity contribution is 6.06. The van der Waals surface area contributed by atoms with Gasteiger partial charge in [-0.3, -0.25) is 9.36 Å². The summed E-state index contributed by atoms with van der Waals surface area (Å²) in [6.07, 6.45) is -8.78. The van der Waals surface area contributed by atoms with Crippen molar-refractivity contribution >= 4 is 22.9 Å². The van der Waals surface area contributed by atoms with E-state index in [2.05, 4.69) is 20.3 Å². The van der Waals surface area contributed by atoms with Crippen molar-refractivity contribution in [2.75, 3.05) is 18.5 Å². The van der Waals surface area contributed by atoms with Gasteiger partial charge in [0.05, 0.1) is 19.5 Å². The van der Waals surface area contributed by atoms with Crippen molar-refractivity contribution in [3.8, 4) is 0 Å². The van der Waals surface area contributed by atoms with Crippen LogP contribution in [0.15, 0.2) is 43.0 Å². The summed E-state index contributed by atoms with van der Waals surface area (Å²) in [5.74, 6) is -0.425. The van der Waals surface area contributed by atoms with Gasteiger partial charge in [-0.2, -0.15) is 0 Å². The van der Waals surface area contributed by atoms with Crippen molar-refractivity contribution in [3.63, 3.8) is 0 Å². The Morgan fingerprint density at radius 3 is 2.50 bits per heavy atom. The lowest BCUT2D eigenvalue weighted by molar-refractivity contribution is -0.286. The molecule has 1 unspecified atom stereocenters. The number of benzene rings is 1. The van der Waals surface area contributed by atoms with Crippen LogP contribution in [0.25, 0.3) is 11.2 Å². The third kappa shape index (κ3) is 3.75. The van der Waals surface area contributed by atoms with Crippen LogP contribution in [-0.4, -0.2) is 112 Å². The van der Waals surface area contributed by atoms with Gasteiger partial charge >= 0.3 is 0 Å². The Morgan fingerprint density at radius 1 is 1.06 bits per heavy atom. The molecule has 36 heavy (non-hydrogen) atoms. The Kier molecular flexibility index (Phi) is 6.44. The van der Waals surface area contributed by atoms with Gasteiger partial charge < -0.3 is 45.4 Å². The molecule has 0 bridgehead atoms. The van der Waals surface area contributed by atoms with E-state index in [0.717, 1.165) is 6.33 Å². The Balaban J connectivity index is 1.61. The first-order valence-electron chi connectivity index (χ1n) is 11.1. The zero-order chi connectivity index (χ0) is 25.6. The Hall–Kier alpha value is -3.08. The van der Waals surface area contributed by atoms with Crippen LogP contribution in [0, 0.1) is 0 Å². The maximum Gasteiger partial charge on any atom is 0.256 e. The lowest BCUT2D eigenvalue weighted by Gasteiger charge is -2.46. The summed E-state index contributed by atoms with van der Waals surface area (Å²) in [6, 6.07) is 8.39. The van der Waals surface area contributed by atoms with Gasteiger partial charge in [0.2, 0.25) is 5.72 Å². The Bertz CT molecular complexity index is 1240. The van der Waals surface area contributed by atoms with E-state index in [4.69, 9.17) is 9.47 Å². The fraction of sp³-hybridized carbons (Fsp3) is 0.455. The number of imidazole rings is 1. The Morgan fingerprint density at radius 2 is 1.81 bits per heavy atom. The highest BCUT2D eigenvalue weighted by Gasteiger charge is 2.64. The number of ether oxygens (including phenoxy) is 2. The van der Waals surface area contributed by atoms with Crippen molar-refractivity contribution in [1.82, 2.24) is 19.5 Å². The van der Waals surface area contributed by atoms with Crippen LogP contribution < -0.4 is 5.32 Å². The average Bonchev–Trinajstić information content (AvgIpc) is 3.44. The number of anilines is 1. The van der Waals surface area contributed by atoms with E-state index < -0.39 is 67.6 Å². The first-order chi connectivity index (χ1) is 17.3. The summed E-state index contributed by atoms with van der Waals surface area (Å²) in [4.78, 5) is 25.2. The molecule has 5 rings (SSSR count). The number of fused-ring (bicyclic) bond motifs is 1. The molecular weight excluding hydrogens is 478 g/mol. The average molecular weight is 503 g/mol.